The lowest BCUT2D eigenvalue weighted by atomic mass is 10.2. The van der Waals surface area contributed by atoms with E-state index >= 15 is 0 Å². The summed E-state index contributed by atoms with van der Waals surface area (Å²) in [4.78, 5) is 3.23. The van der Waals surface area contributed by atoms with Gasteiger partial charge in [0.15, 0.2) is 4.77 Å². The smallest absolute Gasteiger partial charge is 0.182 e. The number of nitrogens with one attached hydrogen (secondary N) is 1. The number of benzene rings is 2. The number of rotatable bonds is 3. The van der Waals surface area contributed by atoms with E-state index in [9.17, 15) is 0 Å². The molecule has 0 unspecified atom stereocenters. The maximum atomic E-state index is 5.39. The van der Waals surface area contributed by atoms with Crippen LogP contribution in [0.3, 0.4) is 0 Å². The molecule has 1 aromatic heterocycles. The van der Waals surface area contributed by atoms with E-state index in [-0.39, 0.29) is 0 Å². The molecule has 1 heterocycles. The number of hydrogen-bond donors (Lipinski definition) is 1. The summed E-state index contributed by atoms with van der Waals surface area (Å²) in [6, 6.07) is 17.9. The van der Waals surface area contributed by atoms with Crippen molar-refractivity contribution in [2.24, 2.45) is 0 Å². The average Bonchev–Trinajstić information content (AvgIpc) is 2.90. The van der Waals surface area contributed by atoms with Crippen LogP contribution in [0.5, 0.6) is 5.75 Å². The van der Waals surface area contributed by atoms with Crippen LogP contribution in [0, 0.1) is 4.77 Å². The lowest BCUT2D eigenvalue weighted by molar-refractivity contribution is 0.414. The molecule has 0 amide bonds. The molecule has 0 aliphatic heterocycles. The highest BCUT2D eigenvalue weighted by Gasteiger charge is 2.04. The monoisotopic (exact) mass is 282 g/mol. The zero-order valence-corrected chi connectivity index (χ0v) is 11.9. The van der Waals surface area contributed by atoms with Gasteiger partial charge in [0.05, 0.1) is 12.8 Å². The second-order valence-electron chi connectivity index (χ2n) is 4.41. The fourth-order valence-corrected chi connectivity index (χ4v) is 2.36. The quantitative estimate of drug-likeness (QED) is 0.729. The van der Waals surface area contributed by atoms with Gasteiger partial charge >= 0.3 is 0 Å². The summed E-state index contributed by atoms with van der Waals surface area (Å²) in [5, 5.41) is 0. The van der Waals surface area contributed by atoms with Crippen molar-refractivity contribution in [3.8, 4) is 22.7 Å². The Hall–Kier alpha value is -2.33. The van der Waals surface area contributed by atoms with Crippen molar-refractivity contribution >= 4 is 12.2 Å². The van der Waals surface area contributed by atoms with Crippen molar-refractivity contribution in [2.75, 3.05) is 7.11 Å². The van der Waals surface area contributed by atoms with Gasteiger partial charge in [-0.15, -0.1) is 0 Å². The molecule has 0 spiro atoms. The topological polar surface area (TPSA) is 29.9 Å². The van der Waals surface area contributed by atoms with E-state index in [1.807, 2.05) is 53.2 Å². The minimum absolute atomic E-state index is 0.675. The Kier molecular flexibility index (Phi) is 3.39. The van der Waals surface area contributed by atoms with Crippen molar-refractivity contribution in [3.63, 3.8) is 0 Å². The van der Waals surface area contributed by atoms with E-state index in [1.165, 1.54) is 0 Å². The van der Waals surface area contributed by atoms with Crippen molar-refractivity contribution in [2.45, 2.75) is 0 Å². The minimum atomic E-state index is 0.675. The highest BCUT2D eigenvalue weighted by molar-refractivity contribution is 7.71. The Morgan fingerprint density at radius 1 is 1.00 bits per heavy atom. The van der Waals surface area contributed by atoms with E-state index in [4.69, 9.17) is 17.0 Å². The second kappa shape index (κ2) is 5.35. The second-order valence-corrected chi connectivity index (χ2v) is 4.79. The van der Waals surface area contributed by atoms with Gasteiger partial charge < -0.3 is 9.72 Å². The lowest BCUT2D eigenvalue weighted by Crippen LogP contribution is -1.92. The first-order valence-corrected chi connectivity index (χ1v) is 6.70. The molecule has 20 heavy (non-hydrogen) atoms. The molecule has 3 rings (SSSR count). The van der Waals surface area contributed by atoms with E-state index in [2.05, 4.69) is 17.1 Å². The number of aromatic amines is 1. The fourth-order valence-electron chi connectivity index (χ4n) is 2.09. The summed E-state index contributed by atoms with van der Waals surface area (Å²) >= 11 is 5.39. The number of nitrogens with zero attached hydrogens (tertiary/aromatic N) is 1. The van der Waals surface area contributed by atoms with E-state index in [0.717, 1.165) is 22.7 Å². The van der Waals surface area contributed by atoms with Gasteiger partial charge in [0.2, 0.25) is 0 Å². The largest absolute Gasteiger partial charge is 0.497 e. The average molecular weight is 282 g/mol. The van der Waals surface area contributed by atoms with Crippen LogP contribution in [-0.4, -0.2) is 16.7 Å². The molecule has 3 aromatic rings. The van der Waals surface area contributed by atoms with Crippen LogP contribution in [0.4, 0.5) is 0 Å². The summed E-state index contributed by atoms with van der Waals surface area (Å²) in [7, 11) is 1.66. The molecule has 0 fully saturated rings. The molecule has 100 valence electrons. The van der Waals surface area contributed by atoms with Gasteiger partial charge in [-0.05, 0) is 42.0 Å². The minimum Gasteiger partial charge on any atom is -0.497 e. The number of ether oxygens (including phenoxy) is 1. The zero-order valence-electron chi connectivity index (χ0n) is 11.0. The summed E-state index contributed by atoms with van der Waals surface area (Å²) in [6.45, 7) is 0. The van der Waals surface area contributed by atoms with Gasteiger partial charge in [-0.2, -0.15) is 0 Å². The van der Waals surface area contributed by atoms with Crippen LogP contribution < -0.4 is 4.74 Å². The molecule has 0 saturated heterocycles. The Labute approximate surface area is 122 Å². The SMILES string of the molecule is COc1ccc(-n2cc(-c3ccccc3)[nH]c2=S)cc1. The van der Waals surface area contributed by atoms with Crippen LogP contribution >= 0.6 is 12.2 Å². The molecular formula is C16H14N2OS. The summed E-state index contributed by atoms with van der Waals surface area (Å²) in [5.74, 6) is 0.832. The molecule has 0 bridgehead atoms. The van der Waals surface area contributed by atoms with Gasteiger partial charge in [-0.1, -0.05) is 30.3 Å². The van der Waals surface area contributed by atoms with Gasteiger partial charge in [0.25, 0.3) is 0 Å². The standard InChI is InChI=1S/C16H14N2OS/c1-19-14-9-7-13(8-10-14)18-11-15(17-16(18)20)12-5-3-2-4-6-12/h2-11H,1H3,(H,17,20). The molecule has 3 nitrogen and oxygen atoms in total. The Morgan fingerprint density at radius 2 is 1.70 bits per heavy atom. The van der Waals surface area contributed by atoms with Crippen LogP contribution in [0.25, 0.3) is 16.9 Å². The Morgan fingerprint density at radius 3 is 2.35 bits per heavy atom. The predicted octanol–water partition coefficient (Wildman–Crippen LogP) is 4.21. The summed E-state index contributed by atoms with van der Waals surface area (Å²) in [6.07, 6.45) is 2.01. The first-order chi connectivity index (χ1) is 9.78. The third-order valence-electron chi connectivity index (χ3n) is 3.15. The van der Waals surface area contributed by atoms with Gasteiger partial charge in [0, 0.05) is 11.9 Å². The molecule has 4 heteroatoms. The summed E-state index contributed by atoms with van der Waals surface area (Å²) < 4.78 is 7.80. The van der Waals surface area contributed by atoms with Gasteiger partial charge in [-0.3, -0.25) is 4.57 Å². The molecule has 0 aliphatic rings. The van der Waals surface area contributed by atoms with Crippen LogP contribution in [0.15, 0.2) is 60.8 Å². The van der Waals surface area contributed by atoms with Gasteiger partial charge in [0.1, 0.15) is 5.75 Å². The first kappa shape index (κ1) is 12.7. The third kappa shape index (κ3) is 2.38. The molecular weight excluding hydrogens is 268 g/mol. The Balaban J connectivity index is 2.02. The molecule has 0 atom stereocenters. The van der Waals surface area contributed by atoms with Crippen LogP contribution in [-0.2, 0) is 0 Å². The first-order valence-electron chi connectivity index (χ1n) is 6.29. The maximum absolute atomic E-state index is 5.39. The number of imidazole rings is 1. The Bertz CT molecular complexity index is 757. The maximum Gasteiger partial charge on any atom is 0.182 e. The molecule has 0 radical (unpaired) electrons. The van der Waals surface area contributed by atoms with E-state index in [1.54, 1.807) is 7.11 Å². The van der Waals surface area contributed by atoms with E-state index in [0.29, 0.717) is 4.77 Å². The molecule has 0 saturated carbocycles. The molecule has 2 aromatic carbocycles. The summed E-state index contributed by atoms with van der Waals surface area (Å²) in [5.41, 5.74) is 3.13. The number of hydrogen-bond acceptors (Lipinski definition) is 2. The third-order valence-corrected chi connectivity index (χ3v) is 3.45. The fraction of sp³-hybridized carbons (Fsp3) is 0.0625. The van der Waals surface area contributed by atoms with Crippen molar-refractivity contribution in [1.29, 1.82) is 0 Å². The van der Waals surface area contributed by atoms with Crippen LogP contribution in [0.2, 0.25) is 0 Å². The van der Waals surface area contributed by atoms with Gasteiger partial charge in [-0.25, -0.2) is 0 Å². The molecule has 0 aliphatic carbocycles. The van der Waals surface area contributed by atoms with Crippen LogP contribution in [0.1, 0.15) is 0 Å². The normalized spacial score (nSPS) is 10.4. The lowest BCUT2D eigenvalue weighted by Gasteiger charge is -2.03. The van der Waals surface area contributed by atoms with Crippen molar-refractivity contribution in [3.05, 3.63) is 65.6 Å². The predicted molar refractivity (Wildman–Crippen MR) is 82.9 cm³/mol. The van der Waals surface area contributed by atoms with Crippen molar-refractivity contribution < 1.29 is 4.74 Å². The number of methoxy groups -OCH3 is 1. The van der Waals surface area contributed by atoms with Crippen molar-refractivity contribution in [1.82, 2.24) is 9.55 Å². The highest BCUT2D eigenvalue weighted by atomic mass is 32.1. The highest BCUT2D eigenvalue weighted by Crippen LogP contribution is 2.21. The van der Waals surface area contributed by atoms with E-state index < -0.39 is 0 Å². The molecule has 1 N–H and O–H groups in total. The number of H-pyrrole nitrogens is 1. The number of aromatic nitrogens is 2. The zero-order chi connectivity index (χ0) is 13.9.